The molecule has 2 atom stereocenters. The Labute approximate surface area is 170 Å². The molecule has 0 radical (unpaired) electrons. The molecule has 3 aliphatic heterocycles. The first-order valence-corrected chi connectivity index (χ1v) is 11.5. The van der Waals surface area contributed by atoms with E-state index in [1.807, 2.05) is 6.07 Å². The fourth-order valence-electron chi connectivity index (χ4n) is 5.34. The Morgan fingerprint density at radius 3 is 2.39 bits per heavy atom. The standard InChI is InChI=1S/C24H37N3O/c1-20-11-16-25(17-12-20)18-21-8-7-15-27(19-21)24(28)23(26-13-5-6-14-26)22-9-3-2-4-10-22/h2-4,9-10,20-21,23H,5-8,11-19H2,1H3. The lowest BCUT2D eigenvalue weighted by Gasteiger charge is -2.40. The Balaban J connectivity index is 1.41. The predicted octanol–water partition coefficient (Wildman–Crippen LogP) is 3.79. The average molecular weight is 384 g/mol. The van der Waals surface area contributed by atoms with Crippen molar-refractivity contribution in [3.63, 3.8) is 0 Å². The Kier molecular flexibility index (Phi) is 6.69. The normalized spacial score (nSPS) is 26.5. The van der Waals surface area contributed by atoms with Gasteiger partial charge in [0.1, 0.15) is 6.04 Å². The summed E-state index contributed by atoms with van der Waals surface area (Å²) in [5, 5.41) is 0. The lowest BCUT2D eigenvalue weighted by Crippen LogP contribution is -2.48. The highest BCUT2D eigenvalue weighted by atomic mass is 16.2. The molecule has 3 fully saturated rings. The fourth-order valence-corrected chi connectivity index (χ4v) is 5.34. The summed E-state index contributed by atoms with van der Waals surface area (Å²) in [6.07, 6.45) is 7.53. The van der Waals surface area contributed by atoms with Crippen LogP contribution < -0.4 is 0 Å². The first-order chi connectivity index (χ1) is 13.7. The van der Waals surface area contributed by atoms with Crippen molar-refractivity contribution in [3.8, 4) is 0 Å². The Hall–Kier alpha value is -1.39. The Morgan fingerprint density at radius 1 is 0.964 bits per heavy atom. The van der Waals surface area contributed by atoms with Gasteiger partial charge >= 0.3 is 0 Å². The number of rotatable bonds is 5. The van der Waals surface area contributed by atoms with E-state index < -0.39 is 0 Å². The van der Waals surface area contributed by atoms with Crippen LogP contribution in [0.1, 0.15) is 57.1 Å². The van der Waals surface area contributed by atoms with Gasteiger partial charge in [0.05, 0.1) is 0 Å². The minimum Gasteiger partial charge on any atom is -0.341 e. The molecule has 4 nitrogen and oxygen atoms in total. The maximum absolute atomic E-state index is 13.6. The second-order valence-electron chi connectivity index (χ2n) is 9.33. The van der Waals surface area contributed by atoms with Crippen LogP contribution in [-0.4, -0.2) is 66.4 Å². The summed E-state index contributed by atoms with van der Waals surface area (Å²) in [6, 6.07) is 10.4. The van der Waals surface area contributed by atoms with E-state index in [-0.39, 0.29) is 6.04 Å². The molecule has 154 valence electrons. The average Bonchev–Trinajstić information content (AvgIpc) is 3.25. The van der Waals surface area contributed by atoms with Crippen molar-refractivity contribution in [2.45, 2.75) is 51.5 Å². The predicted molar refractivity (Wildman–Crippen MR) is 114 cm³/mol. The van der Waals surface area contributed by atoms with E-state index in [9.17, 15) is 4.79 Å². The van der Waals surface area contributed by atoms with Gasteiger partial charge in [-0.2, -0.15) is 0 Å². The highest BCUT2D eigenvalue weighted by Gasteiger charge is 2.35. The van der Waals surface area contributed by atoms with Crippen LogP contribution >= 0.6 is 0 Å². The van der Waals surface area contributed by atoms with E-state index in [1.54, 1.807) is 0 Å². The van der Waals surface area contributed by atoms with Gasteiger partial charge in [0.2, 0.25) is 5.91 Å². The highest BCUT2D eigenvalue weighted by Crippen LogP contribution is 2.29. The lowest BCUT2D eigenvalue weighted by atomic mass is 9.93. The van der Waals surface area contributed by atoms with Gasteiger partial charge < -0.3 is 9.80 Å². The third-order valence-corrected chi connectivity index (χ3v) is 7.08. The van der Waals surface area contributed by atoms with E-state index in [0.29, 0.717) is 11.8 Å². The van der Waals surface area contributed by atoms with Crippen molar-refractivity contribution in [2.24, 2.45) is 11.8 Å². The van der Waals surface area contributed by atoms with Crippen molar-refractivity contribution in [3.05, 3.63) is 35.9 Å². The molecule has 1 aromatic carbocycles. The molecule has 3 saturated heterocycles. The molecular weight excluding hydrogens is 346 g/mol. The minimum atomic E-state index is -0.0849. The third kappa shape index (κ3) is 4.77. The minimum absolute atomic E-state index is 0.0849. The molecule has 3 aliphatic rings. The fraction of sp³-hybridized carbons (Fsp3) is 0.708. The van der Waals surface area contributed by atoms with Crippen molar-refractivity contribution in [1.29, 1.82) is 0 Å². The zero-order valence-electron chi connectivity index (χ0n) is 17.6. The third-order valence-electron chi connectivity index (χ3n) is 7.08. The Morgan fingerprint density at radius 2 is 1.68 bits per heavy atom. The number of hydrogen-bond donors (Lipinski definition) is 0. The summed E-state index contributed by atoms with van der Waals surface area (Å²) in [4.78, 5) is 20.9. The molecule has 4 heteroatoms. The number of likely N-dealkylation sites (tertiary alicyclic amines) is 3. The van der Waals surface area contributed by atoms with Crippen molar-refractivity contribution < 1.29 is 4.79 Å². The number of amides is 1. The number of hydrogen-bond acceptors (Lipinski definition) is 3. The van der Waals surface area contributed by atoms with Crippen LogP contribution in [0.25, 0.3) is 0 Å². The Bertz CT molecular complexity index is 620. The van der Waals surface area contributed by atoms with Gasteiger partial charge in [-0.05, 0) is 82.1 Å². The van der Waals surface area contributed by atoms with Crippen LogP contribution in [0.2, 0.25) is 0 Å². The number of carbonyl (C=O) groups excluding carboxylic acids is 1. The van der Waals surface area contributed by atoms with Gasteiger partial charge in [-0.1, -0.05) is 37.3 Å². The van der Waals surface area contributed by atoms with Crippen LogP contribution in [0.15, 0.2) is 30.3 Å². The summed E-state index contributed by atoms with van der Waals surface area (Å²) >= 11 is 0. The number of piperidine rings is 2. The zero-order valence-corrected chi connectivity index (χ0v) is 17.6. The molecule has 0 bridgehead atoms. The van der Waals surface area contributed by atoms with Gasteiger partial charge in [0, 0.05) is 19.6 Å². The molecule has 3 heterocycles. The van der Waals surface area contributed by atoms with Gasteiger partial charge in [0.25, 0.3) is 0 Å². The van der Waals surface area contributed by atoms with Crippen molar-refractivity contribution in [2.75, 3.05) is 45.8 Å². The molecule has 4 rings (SSSR count). The largest absolute Gasteiger partial charge is 0.341 e. The quantitative estimate of drug-likeness (QED) is 0.774. The molecule has 0 N–H and O–H groups in total. The van der Waals surface area contributed by atoms with E-state index in [0.717, 1.165) is 38.5 Å². The van der Waals surface area contributed by atoms with Gasteiger partial charge in [-0.3, -0.25) is 9.69 Å². The SMILES string of the molecule is CC1CCN(CC2CCCN(C(=O)C(c3ccccc3)N3CCCC3)C2)CC1. The van der Waals surface area contributed by atoms with Gasteiger partial charge in [-0.25, -0.2) is 0 Å². The van der Waals surface area contributed by atoms with E-state index in [4.69, 9.17) is 0 Å². The zero-order chi connectivity index (χ0) is 19.3. The molecule has 0 aromatic heterocycles. The molecule has 28 heavy (non-hydrogen) atoms. The number of carbonyl (C=O) groups is 1. The molecule has 0 saturated carbocycles. The first-order valence-electron chi connectivity index (χ1n) is 11.5. The summed E-state index contributed by atoms with van der Waals surface area (Å²) in [6.45, 7) is 10.0. The van der Waals surface area contributed by atoms with Crippen LogP contribution in [-0.2, 0) is 4.79 Å². The summed E-state index contributed by atoms with van der Waals surface area (Å²) in [7, 11) is 0. The highest BCUT2D eigenvalue weighted by molar-refractivity contribution is 5.83. The maximum atomic E-state index is 13.6. The first kappa shape index (κ1) is 19.9. The van der Waals surface area contributed by atoms with E-state index in [1.165, 1.54) is 57.3 Å². The molecule has 1 aromatic rings. The second-order valence-corrected chi connectivity index (χ2v) is 9.33. The summed E-state index contributed by atoms with van der Waals surface area (Å²) < 4.78 is 0. The van der Waals surface area contributed by atoms with Gasteiger partial charge in [-0.15, -0.1) is 0 Å². The summed E-state index contributed by atoms with van der Waals surface area (Å²) in [5.74, 6) is 1.86. The summed E-state index contributed by atoms with van der Waals surface area (Å²) in [5.41, 5.74) is 1.17. The second kappa shape index (κ2) is 9.41. The number of benzene rings is 1. The van der Waals surface area contributed by atoms with Crippen molar-refractivity contribution in [1.82, 2.24) is 14.7 Å². The van der Waals surface area contributed by atoms with Crippen molar-refractivity contribution >= 4 is 5.91 Å². The van der Waals surface area contributed by atoms with Crippen LogP contribution in [0.4, 0.5) is 0 Å². The van der Waals surface area contributed by atoms with Crippen LogP contribution in [0, 0.1) is 11.8 Å². The lowest BCUT2D eigenvalue weighted by molar-refractivity contribution is -0.139. The molecule has 2 unspecified atom stereocenters. The van der Waals surface area contributed by atoms with Gasteiger partial charge in [0.15, 0.2) is 0 Å². The smallest absolute Gasteiger partial charge is 0.244 e. The maximum Gasteiger partial charge on any atom is 0.244 e. The molecular formula is C24H37N3O. The molecule has 0 spiro atoms. The van der Waals surface area contributed by atoms with Crippen LogP contribution in [0.5, 0.6) is 0 Å². The monoisotopic (exact) mass is 383 g/mol. The molecule has 0 aliphatic carbocycles. The van der Waals surface area contributed by atoms with E-state index >= 15 is 0 Å². The van der Waals surface area contributed by atoms with E-state index in [2.05, 4.69) is 45.9 Å². The topological polar surface area (TPSA) is 26.8 Å². The molecule has 1 amide bonds. The van der Waals surface area contributed by atoms with Crippen LogP contribution in [0.3, 0.4) is 0 Å². The number of nitrogens with zero attached hydrogens (tertiary/aromatic N) is 3.